The van der Waals surface area contributed by atoms with E-state index in [9.17, 15) is 14.4 Å². The fourth-order valence-electron chi connectivity index (χ4n) is 2.61. The van der Waals surface area contributed by atoms with E-state index in [1.807, 2.05) is 0 Å². The summed E-state index contributed by atoms with van der Waals surface area (Å²) in [6.45, 7) is 7.35. The highest BCUT2D eigenvalue weighted by atomic mass is 16.6. The molecule has 3 N–H and O–H groups in total. The molecular weight excluding hydrogens is 300 g/mol. The third kappa shape index (κ3) is 7.32. The molecular formula is C15H28N4O4. The second kappa shape index (κ2) is 8.14. The summed E-state index contributed by atoms with van der Waals surface area (Å²) in [6, 6.07) is 0.342. The number of hydrogen-bond donors (Lipinski definition) is 2. The van der Waals surface area contributed by atoms with Crippen molar-refractivity contribution in [3.8, 4) is 0 Å². The fraction of sp³-hybridized carbons (Fsp3) is 0.800. The van der Waals surface area contributed by atoms with Gasteiger partial charge in [0, 0.05) is 12.6 Å². The van der Waals surface area contributed by atoms with Crippen molar-refractivity contribution in [2.45, 2.75) is 51.7 Å². The van der Waals surface area contributed by atoms with Gasteiger partial charge in [0.25, 0.3) is 0 Å². The van der Waals surface area contributed by atoms with E-state index in [4.69, 9.17) is 5.73 Å². The first-order valence-electron chi connectivity index (χ1n) is 7.86. The second-order valence-electron chi connectivity index (χ2n) is 6.87. The van der Waals surface area contributed by atoms with Gasteiger partial charge < -0.3 is 20.3 Å². The van der Waals surface area contributed by atoms with Crippen LogP contribution in [0.4, 0.5) is 9.59 Å². The van der Waals surface area contributed by atoms with Gasteiger partial charge in [-0.1, -0.05) is 0 Å². The van der Waals surface area contributed by atoms with Gasteiger partial charge in [0.15, 0.2) is 0 Å². The molecule has 0 aromatic heterocycles. The maximum Gasteiger partial charge on any atom is 0.405 e. The summed E-state index contributed by atoms with van der Waals surface area (Å²) in [7, 11) is 2.12. The van der Waals surface area contributed by atoms with Crippen LogP contribution in [0.5, 0.6) is 0 Å². The number of primary amides is 1. The maximum absolute atomic E-state index is 11.3. The standard InChI is InChI=1S/C10H17N3O2.C5H11NO2/c1-12-5-2-3-8(12)4-6-13-7-9(14)11-10(13)15;1-5(2,3)8-4(6)7/h8H,2-7H2,1H3,(H,11,14,15);1-3H3,(H2,6,7). The van der Waals surface area contributed by atoms with Crippen LogP contribution in [0, 0.1) is 0 Å². The lowest BCUT2D eigenvalue weighted by atomic mass is 10.1. The minimum Gasteiger partial charge on any atom is -0.444 e. The molecule has 2 rings (SSSR count). The zero-order valence-corrected chi connectivity index (χ0v) is 14.4. The Bertz CT molecular complexity index is 447. The predicted molar refractivity (Wildman–Crippen MR) is 85.8 cm³/mol. The Labute approximate surface area is 137 Å². The molecule has 0 aromatic rings. The summed E-state index contributed by atoms with van der Waals surface area (Å²) < 4.78 is 4.58. The number of carbonyl (C=O) groups excluding carboxylic acids is 3. The number of carbonyl (C=O) groups is 3. The topological polar surface area (TPSA) is 105 Å². The van der Waals surface area contributed by atoms with Crippen molar-refractivity contribution in [1.82, 2.24) is 15.1 Å². The summed E-state index contributed by atoms with van der Waals surface area (Å²) in [5.74, 6) is -0.181. The summed E-state index contributed by atoms with van der Waals surface area (Å²) in [6.07, 6.45) is 2.70. The molecule has 1 unspecified atom stereocenters. The third-order valence-corrected chi connectivity index (χ3v) is 3.68. The first-order valence-corrected chi connectivity index (χ1v) is 7.86. The van der Waals surface area contributed by atoms with Crippen LogP contribution in [0.25, 0.3) is 0 Å². The van der Waals surface area contributed by atoms with Gasteiger partial charge in [-0.25, -0.2) is 9.59 Å². The lowest BCUT2D eigenvalue weighted by Crippen LogP contribution is -2.33. The van der Waals surface area contributed by atoms with Crippen LogP contribution in [-0.4, -0.2) is 66.2 Å². The van der Waals surface area contributed by atoms with Crippen molar-refractivity contribution >= 4 is 18.0 Å². The Hall–Kier alpha value is -1.83. The van der Waals surface area contributed by atoms with Gasteiger partial charge in [-0.15, -0.1) is 0 Å². The number of likely N-dealkylation sites (tertiary alicyclic amines) is 1. The van der Waals surface area contributed by atoms with Crippen molar-refractivity contribution in [3.05, 3.63) is 0 Å². The molecule has 4 amide bonds. The molecule has 2 aliphatic rings. The molecule has 2 aliphatic heterocycles. The van der Waals surface area contributed by atoms with E-state index >= 15 is 0 Å². The van der Waals surface area contributed by atoms with Crippen molar-refractivity contribution in [2.24, 2.45) is 5.73 Å². The van der Waals surface area contributed by atoms with E-state index in [0.717, 1.165) is 13.0 Å². The number of urea groups is 1. The smallest absolute Gasteiger partial charge is 0.405 e. The van der Waals surface area contributed by atoms with Crippen molar-refractivity contribution in [2.75, 3.05) is 26.7 Å². The molecule has 0 bridgehead atoms. The molecule has 0 radical (unpaired) electrons. The van der Waals surface area contributed by atoms with Crippen LogP contribution >= 0.6 is 0 Å². The van der Waals surface area contributed by atoms with Gasteiger partial charge in [0.2, 0.25) is 5.91 Å². The molecule has 0 aromatic carbocycles. The van der Waals surface area contributed by atoms with Gasteiger partial charge in [0.05, 0.1) is 0 Å². The van der Waals surface area contributed by atoms with E-state index in [1.165, 1.54) is 12.8 Å². The second-order valence-corrected chi connectivity index (χ2v) is 6.87. The number of nitrogens with zero attached hydrogens (tertiary/aromatic N) is 2. The molecule has 8 heteroatoms. The first kappa shape index (κ1) is 19.2. The van der Waals surface area contributed by atoms with E-state index < -0.39 is 11.7 Å². The number of hydrogen-bond acceptors (Lipinski definition) is 5. The Morgan fingerprint density at radius 1 is 1.39 bits per heavy atom. The highest BCUT2D eigenvalue weighted by Gasteiger charge is 2.28. The molecule has 2 fully saturated rings. The van der Waals surface area contributed by atoms with Gasteiger partial charge in [-0.2, -0.15) is 0 Å². The molecule has 8 nitrogen and oxygen atoms in total. The largest absolute Gasteiger partial charge is 0.444 e. The summed E-state index contributed by atoms with van der Waals surface area (Å²) in [5.41, 5.74) is 4.26. The van der Waals surface area contributed by atoms with Crippen LogP contribution in [0.15, 0.2) is 0 Å². The van der Waals surface area contributed by atoms with E-state index in [0.29, 0.717) is 12.6 Å². The number of nitrogens with one attached hydrogen (secondary N) is 1. The molecule has 0 aliphatic carbocycles. The number of nitrogens with two attached hydrogens (primary N) is 1. The third-order valence-electron chi connectivity index (χ3n) is 3.68. The van der Waals surface area contributed by atoms with Crippen LogP contribution < -0.4 is 11.1 Å². The van der Waals surface area contributed by atoms with E-state index in [1.54, 1.807) is 25.7 Å². The minimum absolute atomic E-state index is 0.181. The zero-order valence-electron chi connectivity index (χ0n) is 14.4. The quantitative estimate of drug-likeness (QED) is 0.749. The fourth-order valence-corrected chi connectivity index (χ4v) is 2.61. The average molecular weight is 328 g/mol. The van der Waals surface area contributed by atoms with Crippen molar-refractivity contribution in [1.29, 1.82) is 0 Å². The van der Waals surface area contributed by atoms with Crippen LogP contribution in [0.3, 0.4) is 0 Å². The molecule has 0 spiro atoms. The minimum atomic E-state index is -0.725. The van der Waals surface area contributed by atoms with E-state index in [-0.39, 0.29) is 18.5 Å². The molecule has 1 atom stereocenters. The highest BCUT2D eigenvalue weighted by molar-refractivity contribution is 6.01. The normalized spacial score (nSPS) is 21.7. The van der Waals surface area contributed by atoms with Gasteiger partial charge >= 0.3 is 12.1 Å². The lowest BCUT2D eigenvalue weighted by molar-refractivity contribution is -0.118. The number of imide groups is 1. The van der Waals surface area contributed by atoms with Gasteiger partial charge in [0.1, 0.15) is 12.1 Å². The van der Waals surface area contributed by atoms with Crippen LogP contribution in [0.2, 0.25) is 0 Å². The first-order chi connectivity index (χ1) is 10.6. The molecule has 23 heavy (non-hydrogen) atoms. The van der Waals surface area contributed by atoms with E-state index in [2.05, 4.69) is 22.0 Å². The Morgan fingerprint density at radius 2 is 2.04 bits per heavy atom. The number of ether oxygens (including phenoxy) is 1. The van der Waals surface area contributed by atoms with Crippen molar-refractivity contribution < 1.29 is 19.1 Å². The summed E-state index contributed by atoms with van der Waals surface area (Å²) in [5, 5.41) is 2.29. The molecule has 2 saturated heterocycles. The summed E-state index contributed by atoms with van der Waals surface area (Å²) >= 11 is 0. The average Bonchev–Trinajstić information content (AvgIpc) is 2.90. The Kier molecular flexibility index (Phi) is 6.80. The molecule has 2 heterocycles. The number of amides is 4. The zero-order chi connectivity index (χ0) is 17.6. The maximum atomic E-state index is 11.3. The SMILES string of the molecule is CC(C)(C)OC(N)=O.CN1CCCC1CCN1CC(=O)NC1=O. The predicted octanol–water partition coefficient (Wildman–Crippen LogP) is 0.903. The number of rotatable bonds is 3. The Morgan fingerprint density at radius 3 is 2.39 bits per heavy atom. The van der Waals surface area contributed by atoms with Crippen molar-refractivity contribution in [3.63, 3.8) is 0 Å². The van der Waals surface area contributed by atoms with Crippen LogP contribution in [0.1, 0.15) is 40.0 Å². The summed E-state index contributed by atoms with van der Waals surface area (Å²) in [4.78, 5) is 36.1. The van der Waals surface area contributed by atoms with Crippen LogP contribution in [-0.2, 0) is 9.53 Å². The van der Waals surface area contributed by atoms with Gasteiger partial charge in [-0.05, 0) is 53.6 Å². The monoisotopic (exact) mass is 328 g/mol. The highest BCUT2D eigenvalue weighted by Crippen LogP contribution is 2.18. The van der Waals surface area contributed by atoms with Gasteiger partial charge in [-0.3, -0.25) is 10.1 Å². The molecule has 0 saturated carbocycles. The molecule has 132 valence electrons. The lowest BCUT2D eigenvalue weighted by Gasteiger charge is -2.21. The Balaban J connectivity index is 0.000000284.